The van der Waals surface area contributed by atoms with Crippen molar-refractivity contribution in [2.45, 2.75) is 0 Å². The van der Waals surface area contributed by atoms with Crippen LogP contribution in [0.3, 0.4) is 0 Å². The summed E-state index contributed by atoms with van der Waals surface area (Å²) in [5, 5.41) is 10.3. The van der Waals surface area contributed by atoms with Gasteiger partial charge in [0, 0.05) is 7.05 Å². The van der Waals surface area contributed by atoms with Gasteiger partial charge in [0.25, 0.3) is 0 Å². The lowest BCUT2D eigenvalue weighted by Gasteiger charge is -1.91. The Bertz CT molecular complexity index is 357. The van der Waals surface area contributed by atoms with Gasteiger partial charge in [-0.25, -0.2) is 4.79 Å². The minimum atomic E-state index is -0.699. The Morgan fingerprint density at radius 3 is 2.77 bits per heavy atom. The molecule has 0 aromatic carbocycles. The number of nitrogens with zero attached hydrogens (tertiary/aromatic N) is 3. The molecule has 0 bridgehead atoms. The van der Waals surface area contributed by atoms with Crippen LogP contribution in [0.1, 0.15) is 10.6 Å². The summed E-state index contributed by atoms with van der Waals surface area (Å²) in [7, 11) is 2.66. The molecule has 0 aliphatic heterocycles. The van der Waals surface area contributed by atoms with E-state index < -0.39 is 10.9 Å². The molecule has 1 rings (SSSR count). The molecular formula is C6H7N3O4. The molecule has 1 aromatic heterocycles. The van der Waals surface area contributed by atoms with Crippen molar-refractivity contribution in [2.24, 2.45) is 7.05 Å². The van der Waals surface area contributed by atoms with Gasteiger partial charge in [-0.15, -0.1) is 0 Å². The number of carbonyl (C=O) groups is 1. The second kappa shape index (κ2) is 3.21. The van der Waals surface area contributed by atoms with Gasteiger partial charge in [0.05, 0.1) is 7.11 Å². The molecule has 0 saturated heterocycles. The molecule has 7 nitrogen and oxygen atoms in total. The van der Waals surface area contributed by atoms with Crippen LogP contribution < -0.4 is 0 Å². The highest BCUT2D eigenvalue weighted by molar-refractivity contribution is 5.85. The fraction of sp³-hybridized carbons (Fsp3) is 0.333. The van der Waals surface area contributed by atoms with Crippen molar-refractivity contribution in [2.75, 3.05) is 7.11 Å². The highest BCUT2D eigenvalue weighted by atomic mass is 16.6. The average Bonchev–Trinajstić information content (AvgIpc) is 2.46. The molecule has 7 heteroatoms. The first-order valence-electron chi connectivity index (χ1n) is 3.32. The van der Waals surface area contributed by atoms with Gasteiger partial charge >= 0.3 is 17.6 Å². The van der Waals surface area contributed by atoms with E-state index in [2.05, 4.69) is 9.72 Å². The number of nitro groups is 1. The molecule has 0 atom stereocenters. The fourth-order valence-electron chi connectivity index (χ4n) is 0.819. The Labute approximate surface area is 73.1 Å². The highest BCUT2D eigenvalue weighted by Gasteiger charge is 2.23. The lowest BCUT2D eigenvalue weighted by Crippen LogP contribution is -2.08. The molecule has 0 unspecified atom stereocenters. The predicted molar refractivity (Wildman–Crippen MR) is 41.2 cm³/mol. The zero-order chi connectivity index (χ0) is 10.0. The summed E-state index contributed by atoms with van der Waals surface area (Å²) in [6.07, 6.45) is 1.15. The number of ether oxygens (including phenoxy) is 1. The van der Waals surface area contributed by atoms with E-state index in [4.69, 9.17) is 0 Å². The van der Waals surface area contributed by atoms with Crippen LogP contribution in [0.15, 0.2) is 6.20 Å². The third kappa shape index (κ3) is 1.63. The molecule has 0 amide bonds. The van der Waals surface area contributed by atoms with Crippen molar-refractivity contribution in [3.05, 3.63) is 22.1 Å². The molecule has 0 N–H and O–H groups in total. The van der Waals surface area contributed by atoms with Crippen LogP contribution in [-0.4, -0.2) is 27.6 Å². The van der Waals surface area contributed by atoms with Gasteiger partial charge in [0.1, 0.15) is 6.20 Å². The maximum atomic E-state index is 10.9. The molecular weight excluding hydrogens is 178 g/mol. The molecule has 1 heterocycles. The largest absolute Gasteiger partial charge is 0.461 e. The Hall–Kier alpha value is -1.92. The zero-order valence-corrected chi connectivity index (χ0v) is 7.05. The van der Waals surface area contributed by atoms with Crippen LogP contribution in [0.5, 0.6) is 0 Å². The Balaban J connectivity index is 3.10. The van der Waals surface area contributed by atoms with Crippen molar-refractivity contribution in [3.8, 4) is 0 Å². The lowest BCUT2D eigenvalue weighted by atomic mass is 10.6. The summed E-state index contributed by atoms with van der Waals surface area (Å²) in [5.74, 6) is -1.16. The number of esters is 1. The Morgan fingerprint density at radius 1 is 1.77 bits per heavy atom. The number of rotatable bonds is 2. The van der Waals surface area contributed by atoms with E-state index in [1.807, 2.05) is 0 Å². The highest BCUT2D eigenvalue weighted by Crippen LogP contribution is 2.09. The van der Waals surface area contributed by atoms with E-state index in [0.717, 1.165) is 6.20 Å². The Kier molecular flexibility index (Phi) is 2.27. The number of hydrogen-bond donors (Lipinski definition) is 0. The quantitative estimate of drug-likeness (QED) is 0.371. The van der Waals surface area contributed by atoms with E-state index in [1.54, 1.807) is 0 Å². The van der Waals surface area contributed by atoms with E-state index in [1.165, 1.54) is 18.7 Å². The van der Waals surface area contributed by atoms with E-state index in [9.17, 15) is 14.9 Å². The number of carbonyl (C=O) groups excluding carboxylic acids is 1. The molecule has 1 aromatic rings. The molecule has 0 saturated carbocycles. The summed E-state index contributed by atoms with van der Waals surface area (Å²) < 4.78 is 5.61. The molecule has 0 spiro atoms. The van der Waals surface area contributed by atoms with E-state index >= 15 is 0 Å². The third-order valence-corrected chi connectivity index (χ3v) is 1.42. The SMILES string of the molecule is COC(=O)c1nc([N+](=O)[O-])cn1C. The summed E-state index contributed by atoms with van der Waals surface area (Å²) in [6, 6.07) is 0. The summed E-state index contributed by atoms with van der Waals surface area (Å²) >= 11 is 0. The number of aromatic nitrogens is 2. The van der Waals surface area contributed by atoms with E-state index in [0.29, 0.717) is 0 Å². The smallest absolute Gasteiger partial charge is 0.401 e. The fourth-order valence-corrected chi connectivity index (χ4v) is 0.819. The summed E-state index contributed by atoms with van der Waals surface area (Å²) in [5.41, 5.74) is 0. The topological polar surface area (TPSA) is 87.3 Å². The van der Waals surface area contributed by atoms with Crippen LogP contribution in [0.2, 0.25) is 0 Å². The second-order valence-corrected chi connectivity index (χ2v) is 2.28. The molecule has 13 heavy (non-hydrogen) atoms. The van der Waals surface area contributed by atoms with Crippen molar-refractivity contribution in [1.29, 1.82) is 0 Å². The number of methoxy groups -OCH3 is 1. The van der Waals surface area contributed by atoms with Gasteiger partial charge in [-0.1, -0.05) is 0 Å². The van der Waals surface area contributed by atoms with Gasteiger partial charge in [0.2, 0.25) is 0 Å². The maximum Gasteiger partial charge on any atom is 0.401 e. The zero-order valence-electron chi connectivity index (χ0n) is 7.05. The van der Waals surface area contributed by atoms with Crippen molar-refractivity contribution in [3.63, 3.8) is 0 Å². The molecule has 70 valence electrons. The Morgan fingerprint density at radius 2 is 2.38 bits per heavy atom. The van der Waals surface area contributed by atoms with Crippen molar-refractivity contribution < 1.29 is 14.5 Å². The average molecular weight is 185 g/mol. The van der Waals surface area contributed by atoms with Crippen molar-refractivity contribution in [1.82, 2.24) is 9.55 Å². The first kappa shape index (κ1) is 9.17. The minimum Gasteiger partial charge on any atom is -0.461 e. The third-order valence-electron chi connectivity index (χ3n) is 1.42. The first-order chi connectivity index (χ1) is 6.06. The van der Waals surface area contributed by atoms with Gasteiger partial charge in [0.15, 0.2) is 0 Å². The van der Waals surface area contributed by atoms with Crippen LogP contribution in [0, 0.1) is 10.1 Å². The van der Waals surface area contributed by atoms with Crippen molar-refractivity contribution >= 4 is 11.8 Å². The van der Waals surface area contributed by atoms with E-state index in [-0.39, 0.29) is 11.6 Å². The number of imidazole rings is 1. The normalized spacial score (nSPS) is 9.69. The minimum absolute atomic E-state index is 0.0887. The standard InChI is InChI=1S/C6H7N3O4/c1-8-3-4(9(11)12)7-5(8)6(10)13-2/h3H,1-2H3. The first-order valence-corrected chi connectivity index (χ1v) is 3.32. The maximum absolute atomic E-state index is 10.9. The van der Waals surface area contributed by atoms with Crippen LogP contribution in [-0.2, 0) is 11.8 Å². The van der Waals surface area contributed by atoms with Crippen LogP contribution >= 0.6 is 0 Å². The predicted octanol–water partition coefficient (Wildman–Crippen LogP) is 0.115. The van der Waals surface area contributed by atoms with Crippen LogP contribution in [0.4, 0.5) is 5.82 Å². The molecule has 0 radical (unpaired) electrons. The van der Waals surface area contributed by atoms with Gasteiger partial charge < -0.3 is 19.4 Å². The molecule has 0 aliphatic rings. The van der Waals surface area contributed by atoms with Crippen LogP contribution in [0.25, 0.3) is 0 Å². The number of aryl methyl sites for hydroxylation is 1. The second-order valence-electron chi connectivity index (χ2n) is 2.28. The van der Waals surface area contributed by atoms with Gasteiger partial charge in [-0.3, -0.25) is 0 Å². The lowest BCUT2D eigenvalue weighted by molar-refractivity contribution is -0.389. The molecule has 0 aliphatic carbocycles. The summed E-state index contributed by atoms with van der Waals surface area (Å²) in [4.78, 5) is 24.0. The number of hydrogen-bond acceptors (Lipinski definition) is 5. The van der Waals surface area contributed by atoms with Gasteiger partial charge in [-0.05, 0) is 9.91 Å². The monoisotopic (exact) mass is 185 g/mol. The molecule has 0 fully saturated rings. The summed E-state index contributed by atoms with van der Waals surface area (Å²) in [6.45, 7) is 0. The van der Waals surface area contributed by atoms with Gasteiger partial charge in [-0.2, -0.15) is 0 Å².